The lowest BCUT2D eigenvalue weighted by molar-refractivity contribution is 0.217. The molecule has 47 heavy (non-hydrogen) atoms. The van der Waals surface area contributed by atoms with Crippen molar-refractivity contribution in [1.29, 1.82) is 0 Å². The Labute approximate surface area is 292 Å². The Morgan fingerprint density at radius 2 is 0.766 bits per heavy atom. The zero-order valence-corrected chi connectivity index (χ0v) is 30.2. The van der Waals surface area contributed by atoms with Gasteiger partial charge in [-0.3, -0.25) is 0 Å². The Balaban J connectivity index is 3.40. The molecule has 0 rings (SSSR count). The van der Waals surface area contributed by atoms with Gasteiger partial charge in [0.05, 0.1) is 0 Å². The summed E-state index contributed by atoms with van der Waals surface area (Å²) in [6, 6.07) is 0. The van der Waals surface area contributed by atoms with Gasteiger partial charge in [-0.1, -0.05) is 149 Å². The molecular formula is C45H70O2. The predicted molar refractivity (Wildman–Crippen MR) is 207 cm³/mol. The van der Waals surface area contributed by atoms with Crippen LogP contribution in [0, 0.1) is 48.4 Å². The van der Waals surface area contributed by atoms with Gasteiger partial charge in [-0.15, -0.1) is 12.8 Å². The van der Waals surface area contributed by atoms with Crippen molar-refractivity contribution in [3.63, 3.8) is 0 Å². The molecule has 2 N–H and O–H groups in total. The average molecular weight is 643 g/mol. The van der Waals surface area contributed by atoms with Crippen LogP contribution in [-0.4, -0.2) is 22.4 Å². The van der Waals surface area contributed by atoms with E-state index < -0.39 is 12.2 Å². The van der Waals surface area contributed by atoms with Crippen LogP contribution in [0.3, 0.4) is 0 Å². The molecule has 0 heterocycles. The Bertz CT molecular complexity index is 964. The minimum Gasteiger partial charge on any atom is -0.380 e. The van der Waals surface area contributed by atoms with Crippen molar-refractivity contribution in [2.45, 2.75) is 198 Å². The SMILES string of the molecule is C#CC=CCCCCCCCCCCCCCC=CCCCCC=CCCCCC#CC(O)C#CCCCCCCCCC(O)C#C. The second-order valence-electron chi connectivity index (χ2n) is 12.9. The molecule has 0 aromatic rings. The summed E-state index contributed by atoms with van der Waals surface area (Å²) in [4.78, 5) is 0. The number of allylic oxidation sites excluding steroid dienone is 6. The first kappa shape index (κ1) is 44.4. The van der Waals surface area contributed by atoms with Crippen LogP contribution in [0.15, 0.2) is 36.5 Å². The highest BCUT2D eigenvalue weighted by atomic mass is 16.3. The predicted octanol–water partition coefficient (Wildman–Crippen LogP) is 12.0. The van der Waals surface area contributed by atoms with E-state index in [9.17, 15) is 10.2 Å². The molecule has 0 aliphatic carbocycles. The molecule has 0 fully saturated rings. The van der Waals surface area contributed by atoms with Gasteiger partial charge in [0.2, 0.25) is 0 Å². The van der Waals surface area contributed by atoms with Crippen molar-refractivity contribution in [1.82, 2.24) is 0 Å². The van der Waals surface area contributed by atoms with Crippen molar-refractivity contribution in [3.05, 3.63) is 36.5 Å². The smallest absolute Gasteiger partial charge is 0.176 e. The summed E-state index contributed by atoms with van der Waals surface area (Å²) in [6.07, 6.45) is 57.2. The fourth-order valence-electron chi connectivity index (χ4n) is 5.45. The first-order valence-corrected chi connectivity index (χ1v) is 19.4. The lowest BCUT2D eigenvalue weighted by Crippen LogP contribution is -2.01. The molecule has 0 aromatic heterocycles. The topological polar surface area (TPSA) is 40.5 Å². The first-order valence-electron chi connectivity index (χ1n) is 19.4. The molecule has 0 spiro atoms. The van der Waals surface area contributed by atoms with Gasteiger partial charge < -0.3 is 10.2 Å². The molecule has 0 amide bonds. The molecule has 0 radical (unpaired) electrons. The Hall–Kier alpha value is -2.62. The highest BCUT2D eigenvalue weighted by Crippen LogP contribution is 2.13. The number of hydrogen-bond acceptors (Lipinski definition) is 2. The standard InChI is InChI=1S/C45H70O2/c1-3-5-6-7-8-9-10-11-12-13-14-15-16-17-18-19-20-21-22-23-24-25-26-27-28-29-33-36-39-42-45(47)43-40-37-34-31-30-32-35-38-41-44(46)4-2/h1-2,5-6,20-21,26-27,44-47H,7-19,22-25,28-38,41H2. The normalized spacial score (nSPS) is 12.4. The molecule has 2 heteroatoms. The highest BCUT2D eigenvalue weighted by Gasteiger charge is 1.98. The lowest BCUT2D eigenvalue weighted by atomic mass is 10.0. The van der Waals surface area contributed by atoms with E-state index in [4.69, 9.17) is 12.8 Å². The molecule has 0 saturated carbocycles. The van der Waals surface area contributed by atoms with Crippen LogP contribution in [0.5, 0.6) is 0 Å². The molecule has 2 atom stereocenters. The Morgan fingerprint density at radius 1 is 0.426 bits per heavy atom. The molecular weight excluding hydrogens is 572 g/mol. The van der Waals surface area contributed by atoms with Crippen LogP contribution in [0.1, 0.15) is 186 Å². The van der Waals surface area contributed by atoms with Gasteiger partial charge in [0, 0.05) is 12.8 Å². The van der Waals surface area contributed by atoms with Crippen LogP contribution in [0.25, 0.3) is 0 Å². The average Bonchev–Trinajstić information content (AvgIpc) is 3.08. The quantitative estimate of drug-likeness (QED) is 0.0449. The second-order valence-corrected chi connectivity index (χ2v) is 12.9. The fraction of sp³-hybridized carbons (Fsp3) is 0.689. The third-order valence-electron chi connectivity index (χ3n) is 8.40. The van der Waals surface area contributed by atoms with Crippen molar-refractivity contribution >= 4 is 0 Å². The minimum atomic E-state index is -0.822. The van der Waals surface area contributed by atoms with Crippen molar-refractivity contribution < 1.29 is 10.2 Å². The Kier molecular flexibility index (Phi) is 37.4. The zero-order valence-electron chi connectivity index (χ0n) is 30.2. The van der Waals surface area contributed by atoms with E-state index in [0.29, 0.717) is 6.42 Å². The number of hydrogen-bond donors (Lipinski definition) is 2. The number of aliphatic hydroxyl groups is 2. The number of terminal acetylenes is 2. The molecule has 0 bridgehead atoms. The maximum Gasteiger partial charge on any atom is 0.176 e. The maximum atomic E-state index is 9.91. The van der Waals surface area contributed by atoms with Crippen LogP contribution in [0.4, 0.5) is 0 Å². The van der Waals surface area contributed by atoms with E-state index in [1.807, 2.05) is 6.08 Å². The molecule has 2 unspecified atom stereocenters. The first-order chi connectivity index (χ1) is 23.2. The van der Waals surface area contributed by atoms with E-state index in [2.05, 4.69) is 65.9 Å². The van der Waals surface area contributed by atoms with E-state index in [-0.39, 0.29) is 0 Å². The molecule has 0 aromatic carbocycles. The Morgan fingerprint density at radius 3 is 1.21 bits per heavy atom. The summed E-state index contributed by atoms with van der Waals surface area (Å²) in [5.41, 5.74) is 0. The van der Waals surface area contributed by atoms with Crippen LogP contribution < -0.4 is 0 Å². The summed E-state index contributed by atoms with van der Waals surface area (Å²) >= 11 is 0. The minimum absolute atomic E-state index is 0.587. The van der Waals surface area contributed by atoms with Crippen LogP contribution in [-0.2, 0) is 0 Å². The highest BCUT2D eigenvalue weighted by molar-refractivity contribution is 5.19. The number of unbranched alkanes of at least 4 members (excludes halogenated alkanes) is 24. The van der Waals surface area contributed by atoms with Gasteiger partial charge in [0.25, 0.3) is 0 Å². The molecule has 0 aliphatic rings. The van der Waals surface area contributed by atoms with E-state index in [0.717, 1.165) is 64.2 Å². The van der Waals surface area contributed by atoms with Gasteiger partial charge in [-0.25, -0.2) is 0 Å². The van der Waals surface area contributed by atoms with Crippen molar-refractivity contribution in [2.24, 2.45) is 0 Å². The van der Waals surface area contributed by atoms with Crippen LogP contribution >= 0.6 is 0 Å². The monoisotopic (exact) mass is 643 g/mol. The van der Waals surface area contributed by atoms with E-state index >= 15 is 0 Å². The second kappa shape index (κ2) is 39.6. The van der Waals surface area contributed by atoms with Gasteiger partial charge in [0.1, 0.15) is 6.10 Å². The largest absolute Gasteiger partial charge is 0.380 e. The van der Waals surface area contributed by atoms with Gasteiger partial charge in [-0.05, 0) is 96.0 Å². The molecule has 262 valence electrons. The maximum absolute atomic E-state index is 9.91. The summed E-state index contributed by atoms with van der Waals surface area (Å²) < 4.78 is 0. The van der Waals surface area contributed by atoms with Crippen molar-refractivity contribution in [3.8, 4) is 48.4 Å². The number of aliphatic hydroxyl groups excluding tert-OH is 2. The van der Waals surface area contributed by atoms with Crippen molar-refractivity contribution in [2.75, 3.05) is 0 Å². The third kappa shape index (κ3) is 39.5. The van der Waals surface area contributed by atoms with Gasteiger partial charge in [-0.2, -0.15) is 0 Å². The van der Waals surface area contributed by atoms with Crippen LogP contribution in [0.2, 0.25) is 0 Å². The molecule has 0 aliphatic heterocycles. The third-order valence-corrected chi connectivity index (χ3v) is 8.40. The lowest BCUT2D eigenvalue weighted by Gasteiger charge is -2.02. The number of rotatable bonds is 31. The van der Waals surface area contributed by atoms with Gasteiger partial charge in [0.15, 0.2) is 6.10 Å². The summed E-state index contributed by atoms with van der Waals surface area (Å²) in [7, 11) is 0. The van der Waals surface area contributed by atoms with E-state index in [1.54, 1.807) is 0 Å². The summed E-state index contributed by atoms with van der Waals surface area (Å²) in [5.74, 6) is 16.8. The summed E-state index contributed by atoms with van der Waals surface area (Å²) in [6.45, 7) is 0. The summed E-state index contributed by atoms with van der Waals surface area (Å²) in [5, 5.41) is 19.2. The fourth-order valence-corrected chi connectivity index (χ4v) is 5.45. The zero-order chi connectivity index (χ0) is 34.1. The molecule has 0 saturated heterocycles. The van der Waals surface area contributed by atoms with E-state index in [1.165, 1.54) is 116 Å². The molecule has 2 nitrogen and oxygen atoms in total. The van der Waals surface area contributed by atoms with Gasteiger partial charge >= 0.3 is 0 Å².